The first kappa shape index (κ1) is 12.2. The summed E-state index contributed by atoms with van der Waals surface area (Å²) in [6, 6.07) is 6.83. The second kappa shape index (κ2) is 4.77. The maximum absolute atomic E-state index is 11.7. The first-order valence-electron chi connectivity index (χ1n) is 4.96. The van der Waals surface area contributed by atoms with Crippen LogP contribution in [0.1, 0.15) is 19.4 Å². The molecule has 0 spiro atoms. The monoisotopic (exact) mass is 228 g/mol. The van der Waals surface area contributed by atoms with Crippen LogP contribution in [0.2, 0.25) is 0 Å². The molecule has 1 aromatic rings. The summed E-state index contributed by atoms with van der Waals surface area (Å²) in [5.74, 6) is 0.0871. The summed E-state index contributed by atoms with van der Waals surface area (Å²) < 4.78 is 23.4. The summed E-state index contributed by atoms with van der Waals surface area (Å²) in [7, 11) is -3.19. The van der Waals surface area contributed by atoms with Crippen LogP contribution in [-0.2, 0) is 16.3 Å². The Balaban J connectivity index is 3.18. The van der Waals surface area contributed by atoms with Crippen LogP contribution in [0.15, 0.2) is 29.2 Å². The summed E-state index contributed by atoms with van der Waals surface area (Å²) in [5, 5.41) is 9.27. The van der Waals surface area contributed by atoms with Gasteiger partial charge in [-0.05, 0) is 25.0 Å². The van der Waals surface area contributed by atoms with E-state index in [1.54, 1.807) is 38.1 Å². The molecule has 0 aliphatic heterocycles. The molecule has 0 aromatic heterocycles. The maximum atomic E-state index is 11.7. The van der Waals surface area contributed by atoms with E-state index in [2.05, 4.69) is 0 Å². The summed E-state index contributed by atoms with van der Waals surface area (Å²) in [6.07, 6.45) is -0.159. The zero-order valence-corrected chi connectivity index (χ0v) is 9.79. The van der Waals surface area contributed by atoms with Crippen molar-refractivity contribution < 1.29 is 13.5 Å². The van der Waals surface area contributed by atoms with Crippen LogP contribution in [0, 0.1) is 0 Å². The first-order chi connectivity index (χ1) is 6.97. The summed E-state index contributed by atoms with van der Waals surface area (Å²) in [5.41, 5.74) is 0.689. The van der Waals surface area contributed by atoms with Crippen LogP contribution < -0.4 is 0 Å². The van der Waals surface area contributed by atoms with Gasteiger partial charge in [0.1, 0.15) is 0 Å². The van der Waals surface area contributed by atoms with Crippen molar-refractivity contribution in [3.63, 3.8) is 0 Å². The van der Waals surface area contributed by atoms with Gasteiger partial charge in [0.05, 0.1) is 16.8 Å². The van der Waals surface area contributed by atoms with Crippen molar-refractivity contribution in [1.82, 2.24) is 0 Å². The van der Waals surface area contributed by atoms with Gasteiger partial charge < -0.3 is 5.11 Å². The number of sulfone groups is 1. The van der Waals surface area contributed by atoms with Crippen LogP contribution in [0.5, 0.6) is 0 Å². The van der Waals surface area contributed by atoms with Crippen molar-refractivity contribution in [2.24, 2.45) is 0 Å². The van der Waals surface area contributed by atoms with Crippen molar-refractivity contribution in [3.8, 4) is 0 Å². The molecular weight excluding hydrogens is 212 g/mol. The minimum Gasteiger partial charge on any atom is -0.393 e. The van der Waals surface area contributed by atoms with Crippen LogP contribution >= 0.6 is 0 Å². The molecule has 1 unspecified atom stereocenters. The molecule has 1 N–H and O–H groups in total. The van der Waals surface area contributed by atoms with Crippen molar-refractivity contribution in [2.45, 2.75) is 31.3 Å². The van der Waals surface area contributed by atoms with Gasteiger partial charge in [0.25, 0.3) is 0 Å². The average Bonchev–Trinajstić information content (AvgIpc) is 2.17. The first-order valence-corrected chi connectivity index (χ1v) is 6.61. The molecule has 4 heteroatoms. The fourth-order valence-corrected chi connectivity index (χ4v) is 2.60. The maximum Gasteiger partial charge on any atom is 0.178 e. The average molecular weight is 228 g/mol. The molecule has 0 heterocycles. The highest BCUT2D eigenvalue weighted by Gasteiger charge is 2.16. The van der Waals surface area contributed by atoms with Crippen molar-refractivity contribution in [1.29, 1.82) is 0 Å². The molecule has 3 nitrogen and oxygen atoms in total. The van der Waals surface area contributed by atoms with E-state index in [0.717, 1.165) is 0 Å². The number of benzene rings is 1. The minimum atomic E-state index is -3.19. The molecule has 1 rings (SSSR count). The Morgan fingerprint density at radius 1 is 1.33 bits per heavy atom. The summed E-state index contributed by atoms with van der Waals surface area (Å²) in [4.78, 5) is 0.341. The number of aliphatic hydroxyl groups excluding tert-OH is 1. The van der Waals surface area contributed by atoms with E-state index in [1.807, 2.05) is 0 Å². The number of rotatable bonds is 4. The predicted molar refractivity (Wildman–Crippen MR) is 59.6 cm³/mol. The second-order valence-corrected chi connectivity index (χ2v) is 5.81. The Morgan fingerprint density at radius 2 is 1.93 bits per heavy atom. The number of hydrogen-bond acceptors (Lipinski definition) is 3. The lowest BCUT2D eigenvalue weighted by molar-refractivity contribution is 0.194. The Labute approximate surface area is 90.7 Å². The normalized spacial score (nSPS) is 13.8. The van der Waals surface area contributed by atoms with Gasteiger partial charge >= 0.3 is 0 Å². The van der Waals surface area contributed by atoms with E-state index < -0.39 is 15.9 Å². The Bertz CT molecular complexity index is 421. The molecule has 0 amide bonds. The molecule has 0 bridgehead atoms. The molecule has 0 aliphatic rings. The van der Waals surface area contributed by atoms with Gasteiger partial charge in [-0.15, -0.1) is 0 Å². The lowest BCUT2D eigenvalue weighted by Crippen LogP contribution is -2.11. The van der Waals surface area contributed by atoms with Crippen LogP contribution in [0.25, 0.3) is 0 Å². The molecule has 84 valence electrons. The zero-order valence-electron chi connectivity index (χ0n) is 8.97. The van der Waals surface area contributed by atoms with Gasteiger partial charge in [0.2, 0.25) is 0 Å². The molecule has 15 heavy (non-hydrogen) atoms. The lowest BCUT2D eigenvalue weighted by atomic mass is 10.1. The molecule has 1 aromatic carbocycles. The third-order valence-corrected chi connectivity index (χ3v) is 4.03. The van der Waals surface area contributed by atoms with Crippen LogP contribution in [0.4, 0.5) is 0 Å². The highest BCUT2D eigenvalue weighted by atomic mass is 32.2. The smallest absolute Gasteiger partial charge is 0.178 e. The fraction of sp³-hybridized carbons (Fsp3) is 0.455. The van der Waals surface area contributed by atoms with E-state index in [9.17, 15) is 13.5 Å². The molecular formula is C11H16O3S. The highest BCUT2D eigenvalue weighted by Crippen LogP contribution is 2.18. The fourth-order valence-electron chi connectivity index (χ4n) is 1.45. The molecule has 1 atom stereocenters. The quantitative estimate of drug-likeness (QED) is 0.847. The van der Waals surface area contributed by atoms with Crippen molar-refractivity contribution in [2.75, 3.05) is 5.75 Å². The second-order valence-electron chi connectivity index (χ2n) is 3.56. The van der Waals surface area contributed by atoms with E-state index >= 15 is 0 Å². The minimum absolute atomic E-state index is 0.0871. The van der Waals surface area contributed by atoms with Gasteiger partial charge in [-0.25, -0.2) is 8.42 Å². The van der Waals surface area contributed by atoms with E-state index in [-0.39, 0.29) is 5.75 Å². The predicted octanol–water partition coefficient (Wildman–Crippen LogP) is 1.40. The Kier molecular flexibility index (Phi) is 3.88. The van der Waals surface area contributed by atoms with Crippen molar-refractivity contribution in [3.05, 3.63) is 29.8 Å². The SMILES string of the molecule is CCS(=O)(=O)c1ccccc1CC(C)O. The van der Waals surface area contributed by atoms with E-state index in [4.69, 9.17) is 0 Å². The third kappa shape index (κ3) is 3.04. The van der Waals surface area contributed by atoms with E-state index in [0.29, 0.717) is 16.9 Å². The van der Waals surface area contributed by atoms with E-state index in [1.165, 1.54) is 0 Å². The zero-order chi connectivity index (χ0) is 11.5. The molecule has 0 saturated carbocycles. The number of hydrogen-bond donors (Lipinski definition) is 1. The summed E-state index contributed by atoms with van der Waals surface area (Å²) >= 11 is 0. The van der Waals surface area contributed by atoms with Crippen molar-refractivity contribution >= 4 is 9.84 Å². The van der Waals surface area contributed by atoms with Gasteiger partial charge in [0, 0.05) is 0 Å². The summed E-state index contributed by atoms with van der Waals surface area (Å²) in [6.45, 7) is 3.27. The van der Waals surface area contributed by atoms with Crippen LogP contribution in [-0.4, -0.2) is 25.4 Å². The molecule has 0 aliphatic carbocycles. The van der Waals surface area contributed by atoms with Crippen LogP contribution in [0.3, 0.4) is 0 Å². The third-order valence-electron chi connectivity index (χ3n) is 2.20. The van der Waals surface area contributed by atoms with Gasteiger partial charge in [-0.1, -0.05) is 25.1 Å². The van der Waals surface area contributed by atoms with Gasteiger partial charge in [0.15, 0.2) is 9.84 Å². The molecule has 0 fully saturated rings. The number of aliphatic hydroxyl groups is 1. The highest BCUT2D eigenvalue weighted by molar-refractivity contribution is 7.91. The van der Waals surface area contributed by atoms with Gasteiger partial charge in [-0.2, -0.15) is 0 Å². The molecule has 0 radical (unpaired) electrons. The standard InChI is InChI=1S/C11H16O3S/c1-3-15(13,14)11-7-5-4-6-10(11)8-9(2)12/h4-7,9,12H,3,8H2,1-2H3. The Hall–Kier alpha value is -0.870. The largest absolute Gasteiger partial charge is 0.393 e. The molecule has 0 saturated heterocycles. The topological polar surface area (TPSA) is 54.4 Å². The van der Waals surface area contributed by atoms with Gasteiger partial charge in [-0.3, -0.25) is 0 Å². The lowest BCUT2D eigenvalue weighted by Gasteiger charge is -2.10. The Morgan fingerprint density at radius 3 is 2.47 bits per heavy atom.